The van der Waals surface area contributed by atoms with Gasteiger partial charge in [0.05, 0.1) is 26.2 Å². The van der Waals surface area contributed by atoms with Gasteiger partial charge in [-0.15, -0.1) is 11.6 Å². The van der Waals surface area contributed by atoms with Crippen molar-refractivity contribution >= 4 is 17.3 Å². The highest BCUT2D eigenvalue weighted by atomic mass is 35.5. The van der Waals surface area contributed by atoms with Crippen LogP contribution in [0, 0.1) is 0 Å². The highest BCUT2D eigenvalue weighted by Gasteiger charge is 2.13. The van der Waals surface area contributed by atoms with Crippen LogP contribution in [0.3, 0.4) is 0 Å². The average Bonchev–Trinajstić information content (AvgIpc) is 2.61. The molecule has 2 rings (SSSR count). The van der Waals surface area contributed by atoms with Gasteiger partial charge in [0.15, 0.2) is 0 Å². The van der Waals surface area contributed by atoms with E-state index in [-0.39, 0.29) is 5.88 Å². The van der Waals surface area contributed by atoms with Crippen LogP contribution in [0.15, 0.2) is 48.5 Å². The van der Waals surface area contributed by atoms with E-state index >= 15 is 0 Å². The van der Waals surface area contributed by atoms with Crippen molar-refractivity contribution < 1.29 is 14.6 Å². The van der Waals surface area contributed by atoms with Crippen LogP contribution in [0.25, 0.3) is 0 Å². The monoisotopic (exact) mass is 335 g/mol. The molecule has 1 atom stereocenters. The van der Waals surface area contributed by atoms with E-state index < -0.39 is 6.10 Å². The molecule has 0 heterocycles. The average molecular weight is 336 g/mol. The minimum Gasteiger partial charge on any atom is -0.497 e. The van der Waals surface area contributed by atoms with Gasteiger partial charge < -0.3 is 19.5 Å². The topological polar surface area (TPSA) is 41.9 Å². The predicted octanol–water partition coefficient (Wildman–Crippen LogP) is 3.31. The van der Waals surface area contributed by atoms with Gasteiger partial charge >= 0.3 is 0 Å². The Morgan fingerprint density at radius 1 is 0.957 bits per heavy atom. The maximum Gasteiger partial charge on any atom is 0.119 e. The highest BCUT2D eigenvalue weighted by molar-refractivity contribution is 6.18. The molecule has 0 bridgehead atoms. The first kappa shape index (κ1) is 17.4. The van der Waals surface area contributed by atoms with E-state index in [2.05, 4.69) is 4.90 Å². The minimum absolute atomic E-state index is 0.204. The van der Waals surface area contributed by atoms with E-state index in [9.17, 15) is 5.11 Å². The molecule has 1 N–H and O–H groups in total. The summed E-state index contributed by atoms with van der Waals surface area (Å²) < 4.78 is 10.4. The largest absolute Gasteiger partial charge is 0.497 e. The molecule has 0 aromatic heterocycles. The predicted molar refractivity (Wildman–Crippen MR) is 93.8 cm³/mol. The molecule has 5 heteroatoms. The molecule has 2 aromatic rings. The number of aliphatic hydroxyl groups excluding tert-OH is 1. The van der Waals surface area contributed by atoms with Crippen LogP contribution < -0.4 is 14.4 Å². The van der Waals surface area contributed by atoms with Crippen molar-refractivity contribution in [3.05, 3.63) is 54.1 Å². The number of hydrogen-bond acceptors (Lipinski definition) is 4. The fraction of sp³-hybridized carbons (Fsp3) is 0.333. The lowest BCUT2D eigenvalue weighted by Crippen LogP contribution is -2.33. The fourth-order valence-corrected chi connectivity index (χ4v) is 2.41. The third-order valence-electron chi connectivity index (χ3n) is 3.58. The lowest BCUT2D eigenvalue weighted by atomic mass is 10.1. The van der Waals surface area contributed by atoms with E-state index in [1.54, 1.807) is 14.2 Å². The van der Waals surface area contributed by atoms with E-state index in [1.807, 2.05) is 48.5 Å². The van der Waals surface area contributed by atoms with Crippen molar-refractivity contribution in [1.29, 1.82) is 0 Å². The lowest BCUT2D eigenvalue weighted by molar-refractivity contribution is 0.203. The first-order valence-electron chi connectivity index (χ1n) is 7.42. The minimum atomic E-state index is -0.586. The summed E-state index contributed by atoms with van der Waals surface area (Å²) >= 11 is 5.76. The number of rotatable bonds is 8. The summed E-state index contributed by atoms with van der Waals surface area (Å²) in [6.07, 6.45) is -0.586. The quantitative estimate of drug-likeness (QED) is 0.751. The molecule has 0 aliphatic heterocycles. The van der Waals surface area contributed by atoms with Crippen LogP contribution in [-0.4, -0.2) is 37.9 Å². The second kappa shape index (κ2) is 8.65. The first-order chi connectivity index (χ1) is 11.2. The molecular weight excluding hydrogens is 314 g/mol. The molecule has 1 unspecified atom stereocenters. The molecule has 0 spiro atoms. The molecule has 0 radical (unpaired) electrons. The summed E-state index contributed by atoms with van der Waals surface area (Å²) in [6, 6.07) is 15.7. The van der Waals surface area contributed by atoms with Crippen molar-refractivity contribution in [2.75, 3.05) is 31.5 Å². The maximum atomic E-state index is 9.93. The zero-order chi connectivity index (χ0) is 16.7. The summed E-state index contributed by atoms with van der Waals surface area (Å²) in [5.74, 6) is 1.83. The third kappa shape index (κ3) is 5.05. The molecular formula is C18H22ClNO3. The number of hydrogen-bond donors (Lipinski definition) is 1. The molecule has 0 saturated heterocycles. The fourth-order valence-electron chi connectivity index (χ4n) is 2.31. The van der Waals surface area contributed by atoms with E-state index in [4.69, 9.17) is 21.1 Å². The van der Waals surface area contributed by atoms with Gasteiger partial charge in [0.2, 0.25) is 0 Å². The normalized spacial score (nSPS) is 11.8. The SMILES string of the molecule is COc1ccc(CN(CC(O)CCl)c2ccc(OC)cc2)cc1. The standard InChI is InChI=1S/C18H22ClNO3/c1-22-17-7-3-14(4-8-17)12-20(13-16(21)11-19)15-5-9-18(23-2)10-6-15/h3-10,16,21H,11-13H2,1-2H3. The summed E-state index contributed by atoms with van der Waals surface area (Å²) in [6.45, 7) is 1.13. The number of benzene rings is 2. The van der Waals surface area contributed by atoms with Gasteiger partial charge in [0.1, 0.15) is 11.5 Å². The summed E-state index contributed by atoms with van der Waals surface area (Å²) in [4.78, 5) is 2.09. The van der Waals surface area contributed by atoms with Crippen LogP contribution in [0.2, 0.25) is 0 Å². The number of halogens is 1. The highest BCUT2D eigenvalue weighted by Crippen LogP contribution is 2.22. The Morgan fingerprint density at radius 3 is 1.96 bits per heavy atom. The van der Waals surface area contributed by atoms with Gasteiger partial charge in [0, 0.05) is 18.8 Å². The van der Waals surface area contributed by atoms with Crippen LogP contribution in [0.1, 0.15) is 5.56 Å². The van der Waals surface area contributed by atoms with Gasteiger partial charge in [-0.3, -0.25) is 0 Å². The second-order valence-corrected chi connectivity index (χ2v) is 5.54. The van der Waals surface area contributed by atoms with Crippen LogP contribution in [0.5, 0.6) is 11.5 Å². The van der Waals surface area contributed by atoms with Crippen molar-refractivity contribution in [3.63, 3.8) is 0 Å². The molecule has 23 heavy (non-hydrogen) atoms. The Kier molecular flexibility index (Phi) is 6.56. The maximum absolute atomic E-state index is 9.93. The van der Waals surface area contributed by atoms with Gasteiger partial charge in [-0.1, -0.05) is 12.1 Å². The van der Waals surface area contributed by atoms with Crippen molar-refractivity contribution in [2.24, 2.45) is 0 Å². The Morgan fingerprint density at radius 2 is 1.48 bits per heavy atom. The van der Waals surface area contributed by atoms with Crippen molar-refractivity contribution in [1.82, 2.24) is 0 Å². The molecule has 4 nitrogen and oxygen atoms in total. The zero-order valence-corrected chi connectivity index (χ0v) is 14.2. The number of nitrogens with zero attached hydrogens (tertiary/aromatic N) is 1. The Hall–Kier alpha value is -1.91. The van der Waals surface area contributed by atoms with Crippen molar-refractivity contribution in [2.45, 2.75) is 12.6 Å². The molecule has 0 aliphatic carbocycles. The van der Waals surface area contributed by atoms with Gasteiger partial charge in [-0.25, -0.2) is 0 Å². The molecule has 0 saturated carbocycles. The molecule has 0 amide bonds. The number of alkyl halides is 1. The summed E-state index contributed by atoms with van der Waals surface area (Å²) in [7, 11) is 3.29. The molecule has 2 aromatic carbocycles. The molecule has 0 aliphatic rings. The summed E-state index contributed by atoms with van der Waals surface area (Å²) in [5, 5.41) is 9.93. The Labute approximate surface area is 142 Å². The van der Waals surface area contributed by atoms with E-state index in [1.165, 1.54) is 0 Å². The van der Waals surface area contributed by atoms with Gasteiger partial charge in [0.25, 0.3) is 0 Å². The molecule has 0 fully saturated rings. The number of aliphatic hydroxyl groups is 1. The van der Waals surface area contributed by atoms with E-state index in [0.717, 1.165) is 22.7 Å². The lowest BCUT2D eigenvalue weighted by Gasteiger charge is -2.27. The second-order valence-electron chi connectivity index (χ2n) is 5.23. The number of methoxy groups -OCH3 is 2. The first-order valence-corrected chi connectivity index (χ1v) is 7.95. The Bertz CT molecular complexity index is 586. The van der Waals surface area contributed by atoms with Gasteiger partial charge in [-0.2, -0.15) is 0 Å². The smallest absolute Gasteiger partial charge is 0.119 e. The number of ether oxygens (including phenoxy) is 2. The number of anilines is 1. The third-order valence-corrected chi connectivity index (χ3v) is 3.94. The van der Waals surface area contributed by atoms with Crippen LogP contribution in [0.4, 0.5) is 5.69 Å². The van der Waals surface area contributed by atoms with E-state index in [0.29, 0.717) is 13.1 Å². The van der Waals surface area contributed by atoms with Crippen LogP contribution >= 0.6 is 11.6 Å². The Balaban J connectivity index is 2.17. The summed E-state index contributed by atoms with van der Waals surface area (Å²) in [5.41, 5.74) is 2.13. The van der Waals surface area contributed by atoms with Gasteiger partial charge in [-0.05, 0) is 42.0 Å². The molecule has 124 valence electrons. The van der Waals surface area contributed by atoms with Crippen molar-refractivity contribution in [3.8, 4) is 11.5 Å². The van der Waals surface area contributed by atoms with Crippen LogP contribution in [-0.2, 0) is 6.54 Å². The zero-order valence-electron chi connectivity index (χ0n) is 13.4.